The van der Waals surface area contributed by atoms with E-state index >= 15 is 0 Å². The first-order chi connectivity index (χ1) is 17.6. The summed E-state index contributed by atoms with van der Waals surface area (Å²) in [5.74, 6) is 0.856. The summed E-state index contributed by atoms with van der Waals surface area (Å²) in [5.41, 5.74) is 1.36. The first-order valence-corrected chi connectivity index (χ1v) is 14.8. The Hall–Kier alpha value is -1.68. The molecule has 2 aromatic rings. The maximum atomic E-state index is 12.8. The van der Waals surface area contributed by atoms with E-state index in [2.05, 4.69) is 54.6 Å². The van der Waals surface area contributed by atoms with Crippen LogP contribution in [0.3, 0.4) is 0 Å². The number of likely N-dealkylation sites (N-methyl/N-ethyl adjacent to an activating group) is 1. The lowest BCUT2D eigenvalue weighted by atomic mass is 9.76. The van der Waals surface area contributed by atoms with Gasteiger partial charge in [-0.2, -0.15) is 4.31 Å². The molecule has 0 aromatic heterocycles. The van der Waals surface area contributed by atoms with Crippen molar-refractivity contribution in [2.75, 3.05) is 47.4 Å². The highest BCUT2D eigenvalue weighted by molar-refractivity contribution is 7.89. The molecule has 1 fully saturated rings. The van der Waals surface area contributed by atoms with Gasteiger partial charge in [-0.25, -0.2) is 8.42 Å². The van der Waals surface area contributed by atoms with E-state index in [0.29, 0.717) is 24.4 Å². The third-order valence-corrected chi connectivity index (χ3v) is 9.81. The highest BCUT2D eigenvalue weighted by Crippen LogP contribution is 2.39. The van der Waals surface area contributed by atoms with Crippen molar-refractivity contribution in [2.45, 2.75) is 36.6 Å². The van der Waals surface area contributed by atoms with Crippen LogP contribution >= 0.6 is 23.2 Å². The molecule has 3 rings (SSSR count). The van der Waals surface area contributed by atoms with Crippen molar-refractivity contribution < 1.29 is 17.9 Å². The van der Waals surface area contributed by atoms with Crippen LogP contribution < -0.4 is 5.32 Å². The van der Waals surface area contributed by atoms with Crippen LogP contribution in [-0.4, -0.2) is 71.0 Å². The van der Waals surface area contributed by atoms with Gasteiger partial charge in [0.1, 0.15) is 11.5 Å². The minimum absolute atomic E-state index is 0.0611. The molecule has 0 aliphatic heterocycles. The molecule has 1 unspecified atom stereocenters. The van der Waals surface area contributed by atoms with Crippen molar-refractivity contribution >= 4 is 39.1 Å². The van der Waals surface area contributed by atoms with E-state index in [0.717, 1.165) is 30.0 Å². The fourth-order valence-corrected chi connectivity index (χ4v) is 7.26. The van der Waals surface area contributed by atoms with E-state index in [1.807, 2.05) is 0 Å². The van der Waals surface area contributed by atoms with Gasteiger partial charge in [0.2, 0.25) is 15.9 Å². The van der Waals surface area contributed by atoms with Crippen molar-refractivity contribution in [3.8, 4) is 0 Å². The summed E-state index contributed by atoms with van der Waals surface area (Å²) < 4.78 is 32.1. The molecule has 1 aliphatic rings. The summed E-state index contributed by atoms with van der Waals surface area (Å²) in [6.45, 7) is 0.649. The van der Waals surface area contributed by atoms with Gasteiger partial charge in [0.05, 0.1) is 16.7 Å². The van der Waals surface area contributed by atoms with Crippen LogP contribution in [-0.2, 0) is 19.6 Å². The molecule has 1 amide bonds. The first-order valence-electron chi connectivity index (χ1n) is 12.6. The predicted octanol–water partition coefficient (Wildman–Crippen LogP) is 4.86. The van der Waals surface area contributed by atoms with Gasteiger partial charge in [0.15, 0.2) is 0 Å². The number of carbonyl (C=O) groups excluding carboxylic acids is 1. The van der Waals surface area contributed by atoms with Crippen LogP contribution in [0.25, 0.3) is 0 Å². The average molecular weight is 571 g/mol. The molecule has 1 N–H and O–H groups in total. The van der Waals surface area contributed by atoms with Crippen molar-refractivity contribution in [3.05, 3.63) is 64.1 Å². The summed E-state index contributed by atoms with van der Waals surface area (Å²) in [5, 5.41) is 3.09. The Bertz CT molecular complexity index is 1100. The lowest BCUT2D eigenvalue weighted by Crippen LogP contribution is -2.36. The van der Waals surface area contributed by atoms with Gasteiger partial charge in [0.25, 0.3) is 0 Å². The summed E-state index contributed by atoms with van der Waals surface area (Å²) >= 11 is 12.1. The third kappa shape index (κ3) is 8.15. The number of hydrogen-bond donors (Lipinski definition) is 1. The molecule has 1 atom stereocenters. The van der Waals surface area contributed by atoms with Crippen molar-refractivity contribution in [2.24, 2.45) is 11.8 Å². The van der Waals surface area contributed by atoms with Gasteiger partial charge in [-0.3, -0.25) is 4.79 Å². The molecule has 0 bridgehead atoms. The van der Waals surface area contributed by atoms with E-state index in [9.17, 15) is 13.2 Å². The molecule has 7 nitrogen and oxygen atoms in total. The number of rotatable bonds is 12. The summed E-state index contributed by atoms with van der Waals surface area (Å²) in [4.78, 5) is 14.5. The van der Waals surface area contributed by atoms with E-state index < -0.39 is 10.0 Å². The minimum Gasteiger partial charge on any atom is -0.370 e. The van der Waals surface area contributed by atoms with Gasteiger partial charge >= 0.3 is 0 Å². The van der Waals surface area contributed by atoms with Crippen molar-refractivity contribution in [1.29, 1.82) is 0 Å². The Kier molecular flexibility index (Phi) is 11.2. The molecule has 0 radical (unpaired) electrons. The molecule has 10 heteroatoms. The maximum absolute atomic E-state index is 12.8. The topological polar surface area (TPSA) is 79.0 Å². The van der Waals surface area contributed by atoms with Crippen LogP contribution in [0.15, 0.2) is 53.4 Å². The largest absolute Gasteiger partial charge is 0.370 e. The Morgan fingerprint density at radius 2 is 1.62 bits per heavy atom. The van der Waals surface area contributed by atoms with Gasteiger partial charge in [-0.1, -0.05) is 59.6 Å². The average Bonchev–Trinajstić information content (AvgIpc) is 2.86. The Morgan fingerprint density at radius 3 is 2.22 bits per heavy atom. The normalized spacial score (nSPS) is 19.2. The lowest BCUT2D eigenvalue weighted by molar-refractivity contribution is -0.126. The summed E-state index contributed by atoms with van der Waals surface area (Å²) in [7, 11) is 1.83. The van der Waals surface area contributed by atoms with Crippen molar-refractivity contribution in [1.82, 2.24) is 14.5 Å². The second-order valence-electron chi connectivity index (χ2n) is 9.83. The zero-order chi connectivity index (χ0) is 27.0. The lowest BCUT2D eigenvalue weighted by Gasteiger charge is -2.37. The zero-order valence-corrected chi connectivity index (χ0v) is 24.0. The van der Waals surface area contributed by atoms with Gasteiger partial charge < -0.3 is 15.0 Å². The molecular weight excluding hydrogens is 533 g/mol. The number of nitrogens with zero attached hydrogens (tertiary/aromatic N) is 2. The Balaban J connectivity index is 1.37. The molecule has 1 aliphatic carbocycles. The van der Waals surface area contributed by atoms with Crippen LogP contribution in [0.4, 0.5) is 0 Å². The predicted molar refractivity (Wildman–Crippen MR) is 148 cm³/mol. The van der Waals surface area contributed by atoms with Crippen LogP contribution in [0.1, 0.15) is 37.3 Å². The van der Waals surface area contributed by atoms with Gasteiger partial charge in [-0.05, 0) is 69.3 Å². The highest BCUT2D eigenvalue weighted by Gasteiger charge is 2.30. The molecular formula is C27H37Cl2N3O4S. The Morgan fingerprint density at radius 1 is 1.00 bits per heavy atom. The molecule has 1 saturated carbocycles. The number of halogens is 2. The molecule has 2 aromatic carbocycles. The molecule has 0 spiro atoms. The standard InChI is InChI=1S/C27H37Cl2N3O4S/c1-31(2)26(21-8-5-4-6-9-21)22-14-12-20(13-15-22)18-30-25(33)19-36-17-16-32(3)37(34,35)27-23(28)10-7-11-24(27)29/h4-11,20,22,26H,12-19H2,1-3H3,(H,30,33). The molecule has 204 valence electrons. The van der Waals surface area contributed by atoms with E-state index in [-0.39, 0.29) is 40.6 Å². The molecule has 37 heavy (non-hydrogen) atoms. The monoisotopic (exact) mass is 569 g/mol. The second kappa shape index (κ2) is 13.9. The zero-order valence-electron chi connectivity index (χ0n) is 21.7. The van der Waals surface area contributed by atoms with Crippen molar-refractivity contribution in [3.63, 3.8) is 0 Å². The fraction of sp³-hybridized carbons (Fsp3) is 0.519. The van der Waals surface area contributed by atoms with E-state index in [4.69, 9.17) is 27.9 Å². The SMILES string of the molecule is CN(C)C(c1ccccc1)C1CCC(CNC(=O)COCCN(C)S(=O)(=O)c2c(Cl)cccc2Cl)CC1. The maximum Gasteiger partial charge on any atom is 0.246 e. The molecule has 0 heterocycles. The van der Waals surface area contributed by atoms with Gasteiger partial charge in [0, 0.05) is 26.2 Å². The number of nitrogens with one attached hydrogen (secondary N) is 1. The number of amides is 1. The van der Waals surface area contributed by atoms with Crippen LogP contribution in [0, 0.1) is 11.8 Å². The number of sulfonamides is 1. The number of benzene rings is 2. The second-order valence-corrected chi connectivity index (χ2v) is 12.6. The fourth-order valence-electron chi connectivity index (χ4n) is 5.02. The minimum atomic E-state index is -3.87. The van der Waals surface area contributed by atoms with Crippen LogP contribution in [0.2, 0.25) is 10.0 Å². The number of carbonyl (C=O) groups is 1. The van der Waals surface area contributed by atoms with E-state index in [1.54, 1.807) is 6.07 Å². The summed E-state index contributed by atoms with van der Waals surface area (Å²) in [6, 6.07) is 15.6. The quantitative estimate of drug-likeness (QED) is 0.369. The van der Waals surface area contributed by atoms with Crippen LogP contribution in [0.5, 0.6) is 0 Å². The molecule has 0 saturated heterocycles. The smallest absolute Gasteiger partial charge is 0.246 e. The number of ether oxygens (including phenoxy) is 1. The number of hydrogen-bond acceptors (Lipinski definition) is 5. The van der Waals surface area contributed by atoms with E-state index in [1.165, 1.54) is 24.7 Å². The van der Waals surface area contributed by atoms with Gasteiger partial charge in [-0.15, -0.1) is 0 Å². The highest BCUT2D eigenvalue weighted by atomic mass is 35.5. The third-order valence-electron chi connectivity index (χ3n) is 6.99. The first kappa shape index (κ1) is 29.9. The Labute approximate surface area is 231 Å². The summed E-state index contributed by atoms with van der Waals surface area (Å²) in [6.07, 6.45) is 4.42.